The zero-order chi connectivity index (χ0) is 29.5. The number of aliphatic hydroxyl groups excluding tert-OH is 1. The molecule has 0 aliphatic heterocycles. The van der Waals surface area contributed by atoms with E-state index in [1.54, 1.807) is 0 Å². The zero-order valence-electron chi connectivity index (χ0n) is 24.8. The van der Waals surface area contributed by atoms with Crippen molar-refractivity contribution in [3.63, 3.8) is 0 Å². The third-order valence-corrected chi connectivity index (χ3v) is 8.51. The van der Waals surface area contributed by atoms with Gasteiger partial charge >= 0.3 is 5.97 Å². The summed E-state index contributed by atoms with van der Waals surface area (Å²) in [6.07, 6.45) is 8.84. The van der Waals surface area contributed by atoms with Crippen molar-refractivity contribution >= 4 is 33.3 Å². The number of hydrogen-bond donors (Lipinski definition) is 3. The molecule has 1 aliphatic rings. The van der Waals surface area contributed by atoms with Crippen LogP contribution in [0, 0.1) is 0 Å². The summed E-state index contributed by atoms with van der Waals surface area (Å²) < 4.78 is 5.25. The zero-order valence-corrected chi connectivity index (χ0v) is 24.8. The highest BCUT2D eigenvalue weighted by Crippen LogP contribution is 2.43. The Bertz CT molecular complexity index is 1660. The second-order valence-corrected chi connectivity index (χ2v) is 11.2. The smallest absolute Gasteiger partial charge is 0.302 e. The molecule has 1 aliphatic carbocycles. The van der Waals surface area contributed by atoms with Crippen LogP contribution in [0.25, 0.3) is 27.4 Å². The molecular formula is C36H41N3O3. The number of H-pyrrole nitrogens is 2. The molecule has 1 unspecified atom stereocenters. The van der Waals surface area contributed by atoms with Gasteiger partial charge in [0.05, 0.1) is 6.61 Å². The highest BCUT2D eigenvalue weighted by Gasteiger charge is 2.36. The first-order chi connectivity index (χ1) is 20.4. The highest BCUT2D eigenvalue weighted by atomic mass is 16.5. The van der Waals surface area contributed by atoms with Crippen LogP contribution in [0.2, 0.25) is 0 Å². The molecule has 1 atom stereocenters. The number of rotatable bonds is 8. The van der Waals surface area contributed by atoms with E-state index in [0.29, 0.717) is 13.0 Å². The first kappa shape index (κ1) is 29.4. The van der Waals surface area contributed by atoms with Crippen molar-refractivity contribution in [1.29, 1.82) is 0 Å². The molecule has 0 bridgehead atoms. The number of ether oxygens (including phenoxy) is 1. The van der Waals surface area contributed by atoms with E-state index in [1.165, 1.54) is 45.7 Å². The van der Waals surface area contributed by atoms with Gasteiger partial charge in [-0.05, 0) is 74.2 Å². The molecule has 0 fully saturated rings. The summed E-state index contributed by atoms with van der Waals surface area (Å²) in [5, 5.41) is 11.2. The topological polar surface area (TPSA) is 81.3 Å². The number of nitrogens with zero attached hydrogens (tertiary/aromatic N) is 1. The van der Waals surface area contributed by atoms with E-state index < -0.39 is 0 Å². The van der Waals surface area contributed by atoms with Gasteiger partial charge in [-0.3, -0.25) is 9.69 Å². The van der Waals surface area contributed by atoms with Crippen LogP contribution in [0.5, 0.6) is 0 Å². The van der Waals surface area contributed by atoms with Gasteiger partial charge in [0.2, 0.25) is 0 Å². The normalized spacial score (nSPS) is 16.7. The molecule has 0 radical (unpaired) electrons. The monoisotopic (exact) mass is 563 g/mol. The van der Waals surface area contributed by atoms with Crippen molar-refractivity contribution in [2.75, 3.05) is 27.3 Å². The van der Waals surface area contributed by atoms with Crippen LogP contribution in [0.4, 0.5) is 0 Å². The molecule has 6 rings (SSSR count). The van der Waals surface area contributed by atoms with Crippen LogP contribution in [0.1, 0.15) is 48.6 Å². The van der Waals surface area contributed by atoms with E-state index in [9.17, 15) is 4.79 Å². The van der Waals surface area contributed by atoms with E-state index in [0.717, 1.165) is 36.7 Å². The number of esters is 1. The Morgan fingerprint density at radius 3 is 2.29 bits per heavy atom. The summed E-state index contributed by atoms with van der Waals surface area (Å²) in [5.41, 5.74) is 8.66. The third kappa shape index (κ3) is 6.20. The van der Waals surface area contributed by atoms with Crippen LogP contribution in [0.15, 0.2) is 91.1 Å². The lowest BCUT2D eigenvalue weighted by Gasteiger charge is -2.43. The Labute approximate surface area is 248 Å². The van der Waals surface area contributed by atoms with E-state index >= 15 is 0 Å². The Kier molecular flexibility index (Phi) is 9.25. The van der Waals surface area contributed by atoms with Gasteiger partial charge in [-0.2, -0.15) is 0 Å². The molecule has 0 saturated carbocycles. The Morgan fingerprint density at radius 2 is 1.62 bits per heavy atom. The molecule has 42 heavy (non-hydrogen) atoms. The van der Waals surface area contributed by atoms with Crippen molar-refractivity contribution in [3.05, 3.63) is 114 Å². The SMILES string of the molecule is CC(=O)OCCc1c(C2=CCC(c3ccccc3)(N(C)C)CC2)[nH]c2ccccc12.OCCc1c[nH]c2ccccc12. The van der Waals surface area contributed by atoms with Crippen molar-refractivity contribution < 1.29 is 14.6 Å². The van der Waals surface area contributed by atoms with Crippen LogP contribution in [-0.2, 0) is 27.9 Å². The van der Waals surface area contributed by atoms with Crippen molar-refractivity contribution in [3.8, 4) is 0 Å². The number of carbonyl (C=O) groups is 1. The molecule has 5 aromatic rings. The summed E-state index contributed by atoms with van der Waals surface area (Å²) in [6, 6.07) is 27.3. The van der Waals surface area contributed by atoms with Gasteiger partial charge < -0.3 is 19.8 Å². The third-order valence-electron chi connectivity index (χ3n) is 8.51. The van der Waals surface area contributed by atoms with Gasteiger partial charge in [0.25, 0.3) is 0 Å². The molecular weight excluding hydrogens is 522 g/mol. The average Bonchev–Trinajstić information content (AvgIpc) is 3.59. The van der Waals surface area contributed by atoms with Crippen LogP contribution in [-0.4, -0.2) is 53.3 Å². The summed E-state index contributed by atoms with van der Waals surface area (Å²) in [7, 11) is 4.36. The molecule has 2 heterocycles. The standard InChI is InChI=1S/C26H30N2O2.C10H11NO/c1-19(29)30-18-15-23-22-11-7-8-12-24(22)27-25(23)20-13-16-26(17-14-20,28(2)3)21-9-5-4-6-10-21;12-6-5-8-7-11-10-4-2-1-3-9(8)10/h4-13,27H,14-18H2,1-3H3;1-4,7,11-12H,5-6H2. The molecule has 6 nitrogen and oxygen atoms in total. The number of carbonyl (C=O) groups excluding carboxylic acids is 1. The number of aliphatic hydroxyl groups is 1. The number of aromatic nitrogens is 2. The maximum Gasteiger partial charge on any atom is 0.302 e. The molecule has 0 spiro atoms. The predicted octanol–water partition coefficient (Wildman–Crippen LogP) is 7.00. The van der Waals surface area contributed by atoms with Gasteiger partial charge in [-0.15, -0.1) is 0 Å². The lowest BCUT2D eigenvalue weighted by atomic mass is 9.75. The number of para-hydroxylation sites is 2. The first-order valence-corrected chi connectivity index (χ1v) is 14.7. The summed E-state index contributed by atoms with van der Waals surface area (Å²) in [4.78, 5) is 20.4. The second-order valence-electron chi connectivity index (χ2n) is 11.2. The second kappa shape index (κ2) is 13.2. The van der Waals surface area contributed by atoms with Gasteiger partial charge in [0.15, 0.2) is 0 Å². The molecule has 6 heteroatoms. The molecule has 0 saturated heterocycles. The molecule has 218 valence electrons. The van der Waals surface area contributed by atoms with Gasteiger partial charge in [-0.25, -0.2) is 0 Å². The molecule has 3 aromatic carbocycles. The van der Waals surface area contributed by atoms with E-state index in [-0.39, 0.29) is 18.1 Å². The maximum atomic E-state index is 11.2. The van der Waals surface area contributed by atoms with Crippen molar-refractivity contribution in [2.24, 2.45) is 0 Å². The predicted molar refractivity (Wildman–Crippen MR) is 171 cm³/mol. The summed E-state index contributed by atoms with van der Waals surface area (Å²) in [6.45, 7) is 2.08. The van der Waals surface area contributed by atoms with E-state index in [1.807, 2.05) is 24.4 Å². The Hall–Kier alpha value is -4.13. The number of aromatic amines is 2. The number of allylic oxidation sites excluding steroid dienone is 1. The molecule has 0 amide bonds. The average molecular weight is 564 g/mol. The van der Waals surface area contributed by atoms with Crippen LogP contribution >= 0.6 is 0 Å². The Balaban J connectivity index is 0.000000244. The van der Waals surface area contributed by atoms with Crippen molar-refractivity contribution in [2.45, 2.75) is 44.6 Å². The Morgan fingerprint density at radius 1 is 0.929 bits per heavy atom. The van der Waals surface area contributed by atoms with Crippen LogP contribution < -0.4 is 0 Å². The lowest BCUT2D eigenvalue weighted by molar-refractivity contribution is -0.140. The number of nitrogens with one attached hydrogen (secondary N) is 2. The summed E-state index contributed by atoms with van der Waals surface area (Å²) in [5.74, 6) is -0.230. The van der Waals surface area contributed by atoms with E-state index in [4.69, 9.17) is 9.84 Å². The molecule has 3 N–H and O–H groups in total. The minimum atomic E-state index is -0.230. The number of fused-ring (bicyclic) bond motifs is 2. The van der Waals surface area contributed by atoms with Crippen LogP contribution in [0.3, 0.4) is 0 Å². The van der Waals surface area contributed by atoms with Gasteiger partial charge in [0, 0.05) is 59.2 Å². The fourth-order valence-electron chi connectivity index (χ4n) is 6.23. The largest absolute Gasteiger partial charge is 0.466 e. The molecule has 2 aromatic heterocycles. The minimum absolute atomic E-state index is 0.0225. The van der Waals surface area contributed by atoms with Crippen molar-refractivity contribution in [1.82, 2.24) is 14.9 Å². The van der Waals surface area contributed by atoms with Gasteiger partial charge in [-0.1, -0.05) is 72.8 Å². The fourth-order valence-corrected chi connectivity index (χ4v) is 6.23. The number of benzene rings is 3. The quantitative estimate of drug-likeness (QED) is 0.178. The minimum Gasteiger partial charge on any atom is -0.466 e. The fraction of sp³-hybridized carbons (Fsp3) is 0.306. The number of hydrogen-bond acceptors (Lipinski definition) is 4. The first-order valence-electron chi connectivity index (χ1n) is 14.7. The summed E-state index contributed by atoms with van der Waals surface area (Å²) >= 11 is 0. The lowest BCUT2D eigenvalue weighted by Crippen LogP contribution is -2.42. The van der Waals surface area contributed by atoms with E-state index in [2.05, 4.69) is 95.7 Å². The highest BCUT2D eigenvalue weighted by molar-refractivity contribution is 5.89. The van der Waals surface area contributed by atoms with Gasteiger partial charge in [0.1, 0.15) is 0 Å². The maximum absolute atomic E-state index is 11.2.